The lowest BCUT2D eigenvalue weighted by Crippen LogP contribution is -2.38. The van der Waals surface area contributed by atoms with Gasteiger partial charge in [0.05, 0.1) is 18.8 Å². The van der Waals surface area contributed by atoms with Crippen molar-refractivity contribution in [1.82, 2.24) is 4.98 Å². The number of rotatable bonds is 6. The number of pyridine rings is 1. The van der Waals surface area contributed by atoms with E-state index in [0.717, 1.165) is 17.8 Å². The van der Waals surface area contributed by atoms with Crippen molar-refractivity contribution in [3.05, 3.63) is 52.8 Å². The molecule has 0 radical (unpaired) electrons. The van der Waals surface area contributed by atoms with Crippen molar-refractivity contribution in [2.75, 3.05) is 36.5 Å². The van der Waals surface area contributed by atoms with Gasteiger partial charge < -0.3 is 15.0 Å². The predicted molar refractivity (Wildman–Crippen MR) is 115 cm³/mol. The Labute approximate surface area is 172 Å². The molecule has 1 aliphatic heterocycles. The molecule has 1 aromatic heterocycles. The average molecular weight is 400 g/mol. The molecule has 2 heterocycles. The van der Waals surface area contributed by atoms with Crippen LogP contribution >= 0.6 is 0 Å². The summed E-state index contributed by atoms with van der Waals surface area (Å²) < 4.78 is 20.9. The molecule has 6 heteroatoms. The summed E-state index contributed by atoms with van der Waals surface area (Å²) >= 11 is 0. The standard InChI is InChI=1S/C23H30FN3O2/c1-5-9-23(4,24)19-6-7-20(27-11-13-29-14-12-27)21(17(19)3)22(28)26-18-8-10-25-16(2)15-18/h6-8,10,15H,5,9,11-14H2,1-4H3,(H,25,26,28). The summed E-state index contributed by atoms with van der Waals surface area (Å²) in [6.07, 6.45) is 2.81. The molecule has 1 N–H and O–H groups in total. The maximum atomic E-state index is 15.4. The van der Waals surface area contributed by atoms with Gasteiger partial charge in [0.1, 0.15) is 5.67 Å². The third-order valence-electron chi connectivity index (χ3n) is 5.46. The largest absolute Gasteiger partial charge is 0.378 e. The lowest BCUT2D eigenvalue weighted by molar-refractivity contribution is 0.102. The number of amides is 1. The molecule has 0 spiro atoms. The zero-order valence-electron chi connectivity index (χ0n) is 17.7. The molecule has 2 aromatic rings. The molecule has 0 saturated carbocycles. The molecule has 0 bridgehead atoms. The molecular formula is C23H30FN3O2. The number of ether oxygens (including phenoxy) is 1. The van der Waals surface area contributed by atoms with E-state index in [1.54, 1.807) is 19.2 Å². The molecule has 0 aliphatic carbocycles. The van der Waals surface area contributed by atoms with E-state index < -0.39 is 5.67 Å². The molecule has 1 aliphatic rings. The smallest absolute Gasteiger partial charge is 0.258 e. The highest BCUT2D eigenvalue weighted by atomic mass is 19.1. The second kappa shape index (κ2) is 8.91. The first-order chi connectivity index (χ1) is 13.8. The van der Waals surface area contributed by atoms with Crippen molar-refractivity contribution >= 4 is 17.3 Å². The predicted octanol–water partition coefficient (Wildman–Crippen LogP) is 4.77. The van der Waals surface area contributed by atoms with Crippen LogP contribution < -0.4 is 10.2 Å². The highest BCUT2D eigenvalue weighted by Crippen LogP contribution is 2.37. The van der Waals surface area contributed by atoms with Crippen molar-refractivity contribution in [2.45, 2.75) is 46.2 Å². The third-order valence-corrected chi connectivity index (χ3v) is 5.46. The Bertz CT molecular complexity index is 876. The van der Waals surface area contributed by atoms with Crippen LogP contribution in [0.4, 0.5) is 15.8 Å². The van der Waals surface area contributed by atoms with Crippen molar-refractivity contribution in [1.29, 1.82) is 0 Å². The first-order valence-corrected chi connectivity index (χ1v) is 10.2. The first kappa shape index (κ1) is 21.2. The highest BCUT2D eigenvalue weighted by Gasteiger charge is 2.31. The van der Waals surface area contributed by atoms with Crippen LogP contribution in [0.15, 0.2) is 30.5 Å². The maximum Gasteiger partial charge on any atom is 0.258 e. The molecule has 1 aromatic carbocycles. The molecule has 1 saturated heterocycles. The summed E-state index contributed by atoms with van der Waals surface area (Å²) in [5, 5.41) is 2.97. The third kappa shape index (κ3) is 4.75. The van der Waals surface area contributed by atoms with Gasteiger partial charge in [-0.05, 0) is 56.5 Å². The van der Waals surface area contributed by atoms with Crippen molar-refractivity contribution in [2.24, 2.45) is 0 Å². The van der Waals surface area contributed by atoms with E-state index in [2.05, 4.69) is 15.2 Å². The quantitative estimate of drug-likeness (QED) is 0.760. The van der Waals surface area contributed by atoms with Crippen LogP contribution in [0, 0.1) is 13.8 Å². The number of hydrogen-bond donors (Lipinski definition) is 1. The Morgan fingerprint density at radius 1 is 1.28 bits per heavy atom. The van der Waals surface area contributed by atoms with E-state index in [4.69, 9.17) is 4.74 Å². The zero-order chi connectivity index (χ0) is 21.0. The fourth-order valence-electron chi connectivity index (χ4n) is 4.04. The number of morpholine rings is 1. The van der Waals surface area contributed by atoms with Crippen molar-refractivity contribution in [3.63, 3.8) is 0 Å². The number of carbonyl (C=O) groups is 1. The second-order valence-corrected chi connectivity index (χ2v) is 7.82. The summed E-state index contributed by atoms with van der Waals surface area (Å²) in [6.45, 7) is 9.92. The van der Waals surface area contributed by atoms with Gasteiger partial charge in [-0.1, -0.05) is 19.4 Å². The summed E-state index contributed by atoms with van der Waals surface area (Å²) in [5.41, 5.74) is 2.63. The zero-order valence-corrected chi connectivity index (χ0v) is 17.7. The van der Waals surface area contributed by atoms with Crippen LogP contribution in [-0.2, 0) is 10.4 Å². The van der Waals surface area contributed by atoms with E-state index >= 15 is 4.39 Å². The fourth-order valence-corrected chi connectivity index (χ4v) is 4.04. The molecule has 156 valence electrons. The van der Waals surface area contributed by atoms with Gasteiger partial charge in [0.25, 0.3) is 5.91 Å². The normalized spacial score (nSPS) is 16.4. The van der Waals surface area contributed by atoms with E-state index in [0.29, 0.717) is 55.1 Å². The number of carbonyl (C=O) groups excluding carboxylic acids is 1. The number of aryl methyl sites for hydroxylation is 1. The maximum absolute atomic E-state index is 15.4. The number of aromatic nitrogens is 1. The molecule has 29 heavy (non-hydrogen) atoms. The van der Waals surface area contributed by atoms with Crippen LogP contribution in [0.5, 0.6) is 0 Å². The Balaban J connectivity index is 2.05. The minimum absolute atomic E-state index is 0.233. The lowest BCUT2D eigenvalue weighted by Gasteiger charge is -2.32. The van der Waals surface area contributed by atoms with Gasteiger partial charge in [-0.15, -0.1) is 0 Å². The van der Waals surface area contributed by atoms with Gasteiger partial charge >= 0.3 is 0 Å². The van der Waals surface area contributed by atoms with Crippen LogP contribution in [0.2, 0.25) is 0 Å². The molecular weight excluding hydrogens is 369 g/mol. The molecule has 3 rings (SSSR count). The van der Waals surface area contributed by atoms with Crippen LogP contribution in [0.1, 0.15) is 53.9 Å². The molecule has 1 atom stereocenters. The second-order valence-electron chi connectivity index (χ2n) is 7.82. The van der Waals surface area contributed by atoms with Gasteiger partial charge in [-0.25, -0.2) is 4.39 Å². The number of hydrogen-bond acceptors (Lipinski definition) is 4. The minimum Gasteiger partial charge on any atom is -0.378 e. The summed E-state index contributed by atoms with van der Waals surface area (Å²) in [7, 11) is 0. The number of alkyl halides is 1. The lowest BCUT2D eigenvalue weighted by atomic mass is 9.86. The SMILES string of the molecule is CCCC(C)(F)c1ccc(N2CCOCC2)c(C(=O)Nc2ccnc(C)c2)c1C. The Morgan fingerprint density at radius 2 is 2.00 bits per heavy atom. The Morgan fingerprint density at radius 3 is 2.66 bits per heavy atom. The van der Waals surface area contributed by atoms with Crippen molar-refractivity contribution < 1.29 is 13.9 Å². The van der Waals surface area contributed by atoms with Crippen LogP contribution in [0.25, 0.3) is 0 Å². The Kier molecular flexibility index (Phi) is 6.52. The molecule has 1 fully saturated rings. The number of anilines is 2. The minimum atomic E-state index is -1.48. The van der Waals surface area contributed by atoms with Gasteiger partial charge in [0, 0.05) is 36.4 Å². The number of benzene rings is 1. The number of nitrogens with zero attached hydrogens (tertiary/aromatic N) is 2. The van der Waals surface area contributed by atoms with E-state index in [1.807, 2.05) is 39.0 Å². The van der Waals surface area contributed by atoms with Gasteiger partial charge in [0.2, 0.25) is 0 Å². The van der Waals surface area contributed by atoms with E-state index in [9.17, 15) is 4.79 Å². The van der Waals surface area contributed by atoms with Gasteiger partial charge in [-0.2, -0.15) is 0 Å². The average Bonchev–Trinajstić information content (AvgIpc) is 2.68. The number of nitrogens with one attached hydrogen (secondary N) is 1. The first-order valence-electron chi connectivity index (χ1n) is 10.2. The molecule has 1 unspecified atom stereocenters. The summed E-state index contributed by atoms with van der Waals surface area (Å²) in [5.74, 6) is -0.233. The number of halogens is 1. The van der Waals surface area contributed by atoms with E-state index in [1.165, 1.54) is 0 Å². The summed E-state index contributed by atoms with van der Waals surface area (Å²) in [6, 6.07) is 7.30. The Hall–Kier alpha value is -2.47. The van der Waals surface area contributed by atoms with E-state index in [-0.39, 0.29) is 5.91 Å². The topological polar surface area (TPSA) is 54.5 Å². The van der Waals surface area contributed by atoms with Crippen LogP contribution in [0.3, 0.4) is 0 Å². The summed E-state index contributed by atoms with van der Waals surface area (Å²) in [4.78, 5) is 19.6. The molecule has 5 nitrogen and oxygen atoms in total. The fraction of sp³-hybridized carbons (Fsp3) is 0.478. The monoisotopic (exact) mass is 399 g/mol. The van der Waals surface area contributed by atoms with Crippen molar-refractivity contribution in [3.8, 4) is 0 Å². The highest BCUT2D eigenvalue weighted by molar-refractivity contribution is 6.09. The van der Waals surface area contributed by atoms with Crippen LogP contribution in [-0.4, -0.2) is 37.2 Å². The van der Waals surface area contributed by atoms with Gasteiger partial charge in [-0.3, -0.25) is 9.78 Å². The van der Waals surface area contributed by atoms with Gasteiger partial charge in [0.15, 0.2) is 0 Å². The molecule has 1 amide bonds.